The van der Waals surface area contributed by atoms with E-state index in [0.717, 1.165) is 30.9 Å². The van der Waals surface area contributed by atoms with Gasteiger partial charge in [-0.1, -0.05) is 25.3 Å². The minimum Gasteiger partial charge on any atom is -0.493 e. The van der Waals surface area contributed by atoms with E-state index in [-0.39, 0.29) is 47.9 Å². The van der Waals surface area contributed by atoms with Crippen molar-refractivity contribution in [1.29, 1.82) is 0 Å². The molecular formula is C22H34IN5O4. The van der Waals surface area contributed by atoms with Crippen LogP contribution in [0.2, 0.25) is 0 Å². The van der Waals surface area contributed by atoms with E-state index in [4.69, 9.17) is 9.47 Å². The molecule has 1 saturated heterocycles. The maximum atomic E-state index is 11.7. The van der Waals surface area contributed by atoms with Gasteiger partial charge in [-0.25, -0.2) is 4.79 Å². The molecule has 1 aromatic carbocycles. The maximum Gasteiger partial charge on any atom is 0.324 e. The Morgan fingerprint density at radius 3 is 2.44 bits per heavy atom. The first-order chi connectivity index (χ1) is 15.0. The van der Waals surface area contributed by atoms with Crippen LogP contribution in [0.3, 0.4) is 0 Å². The van der Waals surface area contributed by atoms with Crippen molar-refractivity contribution in [1.82, 2.24) is 20.9 Å². The highest BCUT2D eigenvalue weighted by Gasteiger charge is 2.35. The summed E-state index contributed by atoms with van der Waals surface area (Å²) in [5.41, 5.74) is 1.20. The molecule has 0 bridgehead atoms. The molecule has 1 aliphatic carbocycles. The largest absolute Gasteiger partial charge is 0.493 e. The lowest BCUT2D eigenvalue weighted by atomic mass is 9.69. The number of guanidine groups is 1. The highest BCUT2D eigenvalue weighted by molar-refractivity contribution is 14.0. The molecule has 1 heterocycles. The molecule has 3 N–H and O–H groups in total. The van der Waals surface area contributed by atoms with E-state index >= 15 is 0 Å². The number of rotatable bonds is 8. The van der Waals surface area contributed by atoms with Crippen molar-refractivity contribution in [2.45, 2.75) is 37.5 Å². The van der Waals surface area contributed by atoms with E-state index in [0.29, 0.717) is 19.0 Å². The average Bonchev–Trinajstić information content (AvgIpc) is 3.13. The molecule has 0 aromatic heterocycles. The van der Waals surface area contributed by atoms with Crippen LogP contribution in [0.15, 0.2) is 23.2 Å². The highest BCUT2D eigenvalue weighted by Crippen LogP contribution is 2.42. The number of methoxy groups -OCH3 is 2. The highest BCUT2D eigenvalue weighted by atomic mass is 127. The molecule has 3 rings (SSSR count). The van der Waals surface area contributed by atoms with Gasteiger partial charge < -0.3 is 25.4 Å². The molecule has 1 saturated carbocycles. The fourth-order valence-electron chi connectivity index (χ4n) is 4.40. The van der Waals surface area contributed by atoms with Crippen molar-refractivity contribution >= 4 is 41.9 Å². The number of imide groups is 1. The van der Waals surface area contributed by atoms with Crippen molar-refractivity contribution in [2.24, 2.45) is 4.99 Å². The number of carbonyl (C=O) groups excluding carboxylic acids is 2. The zero-order valence-corrected chi connectivity index (χ0v) is 21.4. The Labute approximate surface area is 206 Å². The number of ether oxygens (including phenoxy) is 2. The number of nitrogens with zero attached hydrogens (tertiary/aromatic N) is 2. The molecule has 3 amide bonds. The van der Waals surface area contributed by atoms with Gasteiger partial charge in [0.15, 0.2) is 17.5 Å². The normalized spacial score (nSPS) is 18.0. The zero-order valence-electron chi connectivity index (χ0n) is 19.0. The predicted molar refractivity (Wildman–Crippen MR) is 134 cm³/mol. The summed E-state index contributed by atoms with van der Waals surface area (Å²) in [6, 6.07) is 5.83. The van der Waals surface area contributed by atoms with Crippen LogP contribution in [0.4, 0.5) is 4.79 Å². The lowest BCUT2D eigenvalue weighted by Crippen LogP contribution is -2.48. The van der Waals surface area contributed by atoms with Crippen LogP contribution in [0.5, 0.6) is 11.5 Å². The molecule has 10 heteroatoms. The number of urea groups is 1. The monoisotopic (exact) mass is 559 g/mol. The van der Waals surface area contributed by atoms with Gasteiger partial charge >= 0.3 is 6.03 Å². The second-order valence-corrected chi connectivity index (χ2v) is 7.97. The average molecular weight is 559 g/mol. The zero-order chi connectivity index (χ0) is 22.3. The lowest BCUT2D eigenvalue weighted by Gasteiger charge is -2.38. The van der Waals surface area contributed by atoms with Gasteiger partial charge in [0, 0.05) is 32.1 Å². The minimum absolute atomic E-state index is 0. The molecule has 0 unspecified atom stereocenters. The van der Waals surface area contributed by atoms with Gasteiger partial charge in [-0.05, 0) is 30.5 Å². The summed E-state index contributed by atoms with van der Waals surface area (Å²) in [5, 5.41) is 9.19. The van der Waals surface area contributed by atoms with Crippen molar-refractivity contribution in [3.05, 3.63) is 23.8 Å². The molecule has 0 spiro atoms. The molecule has 0 atom stereocenters. The molecule has 32 heavy (non-hydrogen) atoms. The molecule has 2 fully saturated rings. The van der Waals surface area contributed by atoms with Gasteiger partial charge in [-0.2, -0.15) is 0 Å². The molecular weight excluding hydrogens is 525 g/mol. The van der Waals surface area contributed by atoms with Crippen molar-refractivity contribution in [3.8, 4) is 11.5 Å². The molecule has 178 valence electrons. The summed E-state index contributed by atoms with van der Waals surface area (Å²) in [6.07, 6.45) is 5.75. The third-order valence-electron chi connectivity index (χ3n) is 6.19. The summed E-state index contributed by atoms with van der Waals surface area (Å²) in [5.74, 6) is 1.91. The maximum absolute atomic E-state index is 11.7. The van der Waals surface area contributed by atoms with E-state index < -0.39 is 0 Å². The minimum atomic E-state index is -0.343. The lowest BCUT2D eigenvalue weighted by molar-refractivity contribution is -0.124. The molecule has 0 radical (unpaired) electrons. The summed E-state index contributed by atoms with van der Waals surface area (Å²) >= 11 is 0. The second kappa shape index (κ2) is 12.1. The Balaban J connectivity index is 0.00000363. The van der Waals surface area contributed by atoms with Crippen LogP contribution in [0.25, 0.3) is 0 Å². The van der Waals surface area contributed by atoms with Crippen molar-refractivity contribution in [3.63, 3.8) is 0 Å². The Hall–Kier alpha value is -2.24. The number of nitrogens with one attached hydrogen (secondary N) is 3. The van der Waals surface area contributed by atoms with Crippen LogP contribution < -0.4 is 25.4 Å². The Morgan fingerprint density at radius 2 is 1.84 bits per heavy atom. The fraction of sp³-hybridized carbons (Fsp3) is 0.591. The quantitative estimate of drug-likeness (QED) is 0.196. The van der Waals surface area contributed by atoms with Crippen LogP contribution in [-0.4, -0.2) is 70.2 Å². The van der Waals surface area contributed by atoms with Gasteiger partial charge in [0.1, 0.15) is 0 Å². The van der Waals surface area contributed by atoms with Gasteiger partial charge in [0.25, 0.3) is 0 Å². The van der Waals surface area contributed by atoms with Crippen LogP contribution in [0.1, 0.15) is 37.7 Å². The fourth-order valence-corrected chi connectivity index (χ4v) is 4.40. The summed E-state index contributed by atoms with van der Waals surface area (Å²) in [7, 11) is 5.02. The number of carbonyl (C=O) groups is 2. The van der Waals surface area contributed by atoms with Gasteiger partial charge in [0.05, 0.1) is 20.8 Å². The van der Waals surface area contributed by atoms with E-state index in [1.165, 1.54) is 29.7 Å². The van der Waals surface area contributed by atoms with E-state index in [1.54, 1.807) is 21.3 Å². The Kier molecular flexibility index (Phi) is 9.85. The topological polar surface area (TPSA) is 104 Å². The van der Waals surface area contributed by atoms with E-state index in [9.17, 15) is 9.59 Å². The van der Waals surface area contributed by atoms with Gasteiger partial charge in [-0.15, -0.1) is 24.0 Å². The number of amides is 3. The molecule has 1 aliphatic heterocycles. The van der Waals surface area contributed by atoms with Gasteiger partial charge in [0.2, 0.25) is 5.91 Å². The first-order valence-corrected chi connectivity index (χ1v) is 10.8. The Morgan fingerprint density at radius 1 is 1.12 bits per heavy atom. The van der Waals surface area contributed by atoms with Crippen molar-refractivity contribution in [2.75, 3.05) is 47.4 Å². The third-order valence-corrected chi connectivity index (χ3v) is 6.19. The van der Waals surface area contributed by atoms with Gasteiger partial charge in [-0.3, -0.25) is 14.7 Å². The number of hydrogen-bond donors (Lipinski definition) is 3. The first kappa shape index (κ1) is 26.0. The summed E-state index contributed by atoms with van der Waals surface area (Å²) < 4.78 is 10.9. The third kappa shape index (κ3) is 5.96. The van der Waals surface area contributed by atoms with Crippen LogP contribution in [-0.2, 0) is 10.2 Å². The molecule has 1 aromatic rings. The predicted octanol–water partition coefficient (Wildman–Crippen LogP) is 2.24. The summed E-state index contributed by atoms with van der Waals surface area (Å²) in [6.45, 7) is 1.53. The second-order valence-electron chi connectivity index (χ2n) is 7.97. The standard InChI is InChI=1S/C22H33N5O4.HI/c1-23-20(24-11-12-27-19(28)14-25-21(27)29)26-15-22(9-5-4-6-10-22)16-7-8-17(30-2)18(13-16)31-3;/h7-8,13H,4-6,9-12,14-15H2,1-3H3,(H,25,29)(H2,23,24,26);1H. The number of aliphatic imine (C=N–C) groups is 1. The number of benzene rings is 1. The first-order valence-electron chi connectivity index (χ1n) is 10.8. The molecule has 9 nitrogen and oxygen atoms in total. The smallest absolute Gasteiger partial charge is 0.324 e. The van der Waals surface area contributed by atoms with Crippen LogP contribution >= 0.6 is 24.0 Å². The van der Waals surface area contributed by atoms with Crippen molar-refractivity contribution < 1.29 is 19.1 Å². The van der Waals surface area contributed by atoms with Crippen LogP contribution in [0, 0.1) is 0 Å². The summed E-state index contributed by atoms with van der Waals surface area (Å²) in [4.78, 5) is 28.9. The number of hydrogen-bond acceptors (Lipinski definition) is 5. The number of halogens is 1. The van der Waals surface area contributed by atoms with E-state index in [2.05, 4.69) is 33.1 Å². The SMILES string of the molecule is CN=C(NCCN1C(=O)CNC1=O)NCC1(c2ccc(OC)c(OC)c2)CCCCC1.I. The Bertz CT molecular complexity index is 811. The molecule has 2 aliphatic rings. The van der Waals surface area contributed by atoms with E-state index in [1.807, 2.05) is 6.07 Å².